The van der Waals surface area contributed by atoms with Gasteiger partial charge in [-0.3, -0.25) is 0 Å². The van der Waals surface area contributed by atoms with Crippen molar-refractivity contribution in [1.82, 2.24) is 5.32 Å². The van der Waals surface area contributed by atoms with Gasteiger partial charge in [-0.2, -0.15) is 0 Å². The molecule has 0 aromatic heterocycles. The lowest BCUT2D eigenvalue weighted by Gasteiger charge is -2.32. The Bertz CT molecular complexity index is 389. The van der Waals surface area contributed by atoms with Gasteiger partial charge in [0.05, 0.1) is 13.7 Å². The number of benzene rings is 1. The lowest BCUT2D eigenvalue weighted by Crippen LogP contribution is -2.35. The van der Waals surface area contributed by atoms with Gasteiger partial charge in [0.2, 0.25) is 0 Å². The van der Waals surface area contributed by atoms with E-state index in [-0.39, 0.29) is 0 Å². The van der Waals surface area contributed by atoms with E-state index in [1.54, 1.807) is 7.11 Å². The first-order valence-corrected chi connectivity index (χ1v) is 8.18. The fourth-order valence-electron chi connectivity index (χ4n) is 2.59. The molecule has 1 aromatic carbocycles. The summed E-state index contributed by atoms with van der Waals surface area (Å²) in [7, 11) is 1.68. The Balaban J connectivity index is 2.53. The van der Waals surface area contributed by atoms with E-state index < -0.39 is 0 Å². The molecule has 0 saturated carbocycles. The molecule has 0 amide bonds. The van der Waals surface area contributed by atoms with Gasteiger partial charge in [-0.25, -0.2) is 0 Å². The number of nitrogens with one attached hydrogen (secondary N) is 1. The van der Waals surface area contributed by atoms with E-state index >= 15 is 0 Å². The Morgan fingerprint density at radius 3 is 2.29 bits per heavy atom. The Kier molecular flexibility index (Phi) is 8.21. The monoisotopic (exact) mass is 293 g/mol. The lowest BCUT2D eigenvalue weighted by atomic mass is 9.79. The minimum absolute atomic E-state index is 0.331. The van der Waals surface area contributed by atoms with Crippen LogP contribution in [0.3, 0.4) is 0 Å². The molecule has 1 N–H and O–H groups in total. The van der Waals surface area contributed by atoms with E-state index in [2.05, 4.69) is 26.1 Å². The smallest absolute Gasteiger partial charge is 0.161 e. The Morgan fingerprint density at radius 1 is 1.05 bits per heavy atom. The van der Waals surface area contributed by atoms with Crippen molar-refractivity contribution < 1.29 is 9.47 Å². The fraction of sp³-hybridized carbons (Fsp3) is 0.667. The fourth-order valence-corrected chi connectivity index (χ4v) is 2.59. The van der Waals surface area contributed by atoms with Crippen LogP contribution in [0.5, 0.6) is 11.5 Å². The van der Waals surface area contributed by atoms with E-state index in [0.717, 1.165) is 37.6 Å². The molecule has 21 heavy (non-hydrogen) atoms. The number of methoxy groups -OCH3 is 1. The van der Waals surface area contributed by atoms with E-state index in [1.165, 1.54) is 19.3 Å². The minimum atomic E-state index is 0.331. The summed E-state index contributed by atoms with van der Waals surface area (Å²) in [5.74, 6) is 1.64. The quantitative estimate of drug-likeness (QED) is 0.618. The summed E-state index contributed by atoms with van der Waals surface area (Å²) >= 11 is 0. The van der Waals surface area contributed by atoms with Crippen molar-refractivity contribution >= 4 is 0 Å². The molecule has 3 heteroatoms. The molecule has 0 spiro atoms. The Hall–Kier alpha value is -1.22. The zero-order valence-corrected chi connectivity index (χ0v) is 14.1. The van der Waals surface area contributed by atoms with Crippen molar-refractivity contribution in [3.05, 3.63) is 24.3 Å². The maximum absolute atomic E-state index is 5.94. The van der Waals surface area contributed by atoms with Gasteiger partial charge in [-0.05, 0) is 49.8 Å². The molecular formula is C18H31NO2. The molecule has 0 radical (unpaired) electrons. The highest BCUT2D eigenvalue weighted by Crippen LogP contribution is 2.31. The Labute approximate surface area is 130 Å². The predicted octanol–water partition coefficient (Wildman–Crippen LogP) is 4.27. The third kappa shape index (κ3) is 5.58. The van der Waals surface area contributed by atoms with Crippen molar-refractivity contribution in [2.75, 3.05) is 26.8 Å². The van der Waals surface area contributed by atoms with E-state index in [0.29, 0.717) is 5.41 Å². The van der Waals surface area contributed by atoms with Crippen LogP contribution in [0.15, 0.2) is 24.3 Å². The van der Waals surface area contributed by atoms with Crippen molar-refractivity contribution in [2.45, 2.75) is 46.5 Å². The lowest BCUT2D eigenvalue weighted by molar-refractivity contribution is 0.172. The largest absolute Gasteiger partial charge is 0.493 e. The first-order valence-electron chi connectivity index (χ1n) is 8.18. The molecule has 1 aromatic rings. The topological polar surface area (TPSA) is 30.5 Å². The van der Waals surface area contributed by atoms with Gasteiger partial charge in [-0.1, -0.05) is 32.9 Å². The third-order valence-corrected chi connectivity index (χ3v) is 4.39. The second-order valence-electron chi connectivity index (χ2n) is 5.63. The zero-order valence-electron chi connectivity index (χ0n) is 14.1. The SMILES string of the molecule is CCCNCC(CC)(CC)CCOc1ccccc1OC. The van der Waals surface area contributed by atoms with Gasteiger partial charge in [0.15, 0.2) is 11.5 Å². The van der Waals surface area contributed by atoms with Crippen LogP contribution in [0, 0.1) is 5.41 Å². The van der Waals surface area contributed by atoms with Crippen molar-refractivity contribution in [3.8, 4) is 11.5 Å². The molecule has 1 rings (SSSR count). The molecule has 0 fully saturated rings. The Morgan fingerprint density at radius 2 is 1.71 bits per heavy atom. The van der Waals surface area contributed by atoms with Gasteiger partial charge < -0.3 is 14.8 Å². The molecule has 0 unspecified atom stereocenters. The van der Waals surface area contributed by atoms with Crippen LogP contribution < -0.4 is 14.8 Å². The highest BCUT2D eigenvalue weighted by atomic mass is 16.5. The molecule has 0 aliphatic heterocycles. The number of ether oxygens (including phenoxy) is 2. The summed E-state index contributed by atoms with van der Waals surface area (Å²) in [4.78, 5) is 0. The number of hydrogen-bond acceptors (Lipinski definition) is 3. The maximum Gasteiger partial charge on any atom is 0.161 e. The summed E-state index contributed by atoms with van der Waals surface area (Å²) in [6, 6.07) is 7.84. The molecule has 0 bridgehead atoms. The van der Waals surface area contributed by atoms with Gasteiger partial charge >= 0.3 is 0 Å². The van der Waals surface area contributed by atoms with Gasteiger partial charge in [0.25, 0.3) is 0 Å². The van der Waals surface area contributed by atoms with Crippen LogP contribution in [-0.4, -0.2) is 26.8 Å². The maximum atomic E-state index is 5.94. The number of hydrogen-bond donors (Lipinski definition) is 1. The number of para-hydroxylation sites is 2. The average molecular weight is 293 g/mol. The van der Waals surface area contributed by atoms with Crippen LogP contribution in [0.1, 0.15) is 46.5 Å². The zero-order chi connectivity index (χ0) is 15.6. The minimum Gasteiger partial charge on any atom is -0.493 e. The summed E-state index contributed by atoms with van der Waals surface area (Å²) < 4.78 is 11.3. The van der Waals surface area contributed by atoms with E-state index in [9.17, 15) is 0 Å². The van der Waals surface area contributed by atoms with Crippen LogP contribution >= 0.6 is 0 Å². The van der Waals surface area contributed by atoms with E-state index in [4.69, 9.17) is 9.47 Å². The predicted molar refractivity (Wildman–Crippen MR) is 89.3 cm³/mol. The van der Waals surface area contributed by atoms with Crippen LogP contribution in [0.2, 0.25) is 0 Å². The average Bonchev–Trinajstić information content (AvgIpc) is 2.54. The molecule has 0 atom stereocenters. The summed E-state index contributed by atoms with van der Waals surface area (Å²) in [6.07, 6.45) is 4.60. The first-order chi connectivity index (χ1) is 10.2. The highest BCUT2D eigenvalue weighted by molar-refractivity contribution is 5.39. The second kappa shape index (κ2) is 9.67. The van der Waals surface area contributed by atoms with Gasteiger partial charge in [0.1, 0.15) is 0 Å². The molecular weight excluding hydrogens is 262 g/mol. The molecule has 3 nitrogen and oxygen atoms in total. The van der Waals surface area contributed by atoms with Gasteiger partial charge in [0, 0.05) is 6.54 Å². The van der Waals surface area contributed by atoms with Crippen LogP contribution in [0.25, 0.3) is 0 Å². The van der Waals surface area contributed by atoms with Crippen molar-refractivity contribution in [3.63, 3.8) is 0 Å². The molecule has 0 aliphatic rings. The van der Waals surface area contributed by atoms with Gasteiger partial charge in [-0.15, -0.1) is 0 Å². The van der Waals surface area contributed by atoms with Crippen molar-refractivity contribution in [1.29, 1.82) is 0 Å². The number of rotatable bonds is 11. The molecule has 0 heterocycles. The summed E-state index contributed by atoms with van der Waals surface area (Å²) in [5.41, 5.74) is 0.331. The highest BCUT2D eigenvalue weighted by Gasteiger charge is 2.25. The second-order valence-corrected chi connectivity index (χ2v) is 5.63. The normalized spacial score (nSPS) is 11.4. The van der Waals surface area contributed by atoms with Crippen LogP contribution in [0.4, 0.5) is 0 Å². The molecule has 0 aliphatic carbocycles. The van der Waals surface area contributed by atoms with Crippen LogP contribution in [-0.2, 0) is 0 Å². The third-order valence-electron chi connectivity index (χ3n) is 4.39. The van der Waals surface area contributed by atoms with E-state index in [1.807, 2.05) is 24.3 Å². The summed E-state index contributed by atoms with van der Waals surface area (Å²) in [6.45, 7) is 9.66. The molecule has 120 valence electrons. The summed E-state index contributed by atoms with van der Waals surface area (Å²) in [5, 5.41) is 3.57. The van der Waals surface area contributed by atoms with Crippen molar-refractivity contribution in [2.24, 2.45) is 5.41 Å². The molecule has 0 saturated heterocycles. The first kappa shape index (κ1) is 17.8. The standard InChI is InChI=1S/C18H31NO2/c1-5-13-19-15-18(6-2,7-3)12-14-21-17-11-9-8-10-16(17)20-4/h8-11,19H,5-7,12-15H2,1-4H3.